The third-order valence-electron chi connectivity index (χ3n) is 3.56. The summed E-state index contributed by atoms with van der Waals surface area (Å²) in [4.78, 5) is 0. The van der Waals surface area contributed by atoms with Gasteiger partial charge in [0.2, 0.25) is 0 Å². The van der Waals surface area contributed by atoms with Crippen LogP contribution in [0, 0.1) is 13.8 Å². The Morgan fingerprint density at radius 3 is 2.55 bits per heavy atom. The first kappa shape index (κ1) is 17.4. The minimum absolute atomic E-state index is 0.376. The second-order valence-corrected chi connectivity index (χ2v) is 6.36. The number of hydrogen-bond donors (Lipinski definition) is 1. The molecule has 1 rings (SSSR count). The summed E-state index contributed by atoms with van der Waals surface area (Å²) in [5.41, 5.74) is 3.85. The van der Waals surface area contributed by atoms with Crippen LogP contribution in [0.4, 0.5) is 0 Å². The summed E-state index contributed by atoms with van der Waals surface area (Å²) in [6, 6.07) is 4.81. The lowest BCUT2D eigenvalue weighted by Crippen LogP contribution is -2.25. The molecule has 2 nitrogen and oxygen atoms in total. The summed E-state index contributed by atoms with van der Waals surface area (Å²) in [6.07, 6.45) is 2.39. The molecular weight excluding hydrogens is 266 g/mol. The van der Waals surface area contributed by atoms with Crippen molar-refractivity contribution in [3.8, 4) is 5.75 Å². The van der Waals surface area contributed by atoms with Crippen LogP contribution in [-0.4, -0.2) is 25.2 Å². The average molecular weight is 295 g/mol. The van der Waals surface area contributed by atoms with Gasteiger partial charge in [0, 0.05) is 17.4 Å². The first-order valence-corrected chi connectivity index (χ1v) is 8.76. The van der Waals surface area contributed by atoms with Crippen molar-refractivity contribution in [2.24, 2.45) is 0 Å². The summed E-state index contributed by atoms with van der Waals surface area (Å²) in [6.45, 7) is 9.78. The van der Waals surface area contributed by atoms with Crippen molar-refractivity contribution < 1.29 is 4.74 Å². The largest absolute Gasteiger partial charge is 0.496 e. The van der Waals surface area contributed by atoms with Crippen LogP contribution in [-0.2, 0) is 0 Å². The Morgan fingerprint density at radius 2 is 1.95 bits per heavy atom. The van der Waals surface area contributed by atoms with E-state index in [0.29, 0.717) is 6.04 Å². The average Bonchev–Trinajstić information content (AvgIpc) is 2.45. The van der Waals surface area contributed by atoms with Crippen LogP contribution < -0.4 is 10.1 Å². The molecule has 0 radical (unpaired) electrons. The lowest BCUT2D eigenvalue weighted by Gasteiger charge is -2.23. The molecule has 0 amide bonds. The van der Waals surface area contributed by atoms with Gasteiger partial charge in [-0.3, -0.25) is 0 Å². The Balaban J connectivity index is 2.96. The van der Waals surface area contributed by atoms with E-state index in [1.165, 1.54) is 28.9 Å². The summed E-state index contributed by atoms with van der Waals surface area (Å²) < 4.78 is 5.67. The van der Waals surface area contributed by atoms with Crippen molar-refractivity contribution in [1.82, 2.24) is 5.32 Å². The van der Waals surface area contributed by atoms with Crippen molar-refractivity contribution in [2.45, 2.75) is 46.6 Å². The molecule has 1 aromatic rings. The number of ether oxygens (including phenoxy) is 1. The van der Waals surface area contributed by atoms with E-state index in [1.54, 1.807) is 7.11 Å². The maximum Gasteiger partial charge on any atom is 0.126 e. The minimum Gasteiger partial charge on any atom is -0.496 e. The predicted octanol–water partition coefficient (Wildman–Crippen LogP) is 4.50. The topological polar surface area (TPSA) is 21.3 Å². The molecule has 114 valence electrons. The zero-order chi connectivity index (χ0) is 15.0. The smallest absolute Gasteiger partial charge is 0.126 e. The molecule has 0 aromatic heterocycles. The third kappa shape index (κ3) is 4.71. The lowest BCUT2D eigenvalue weighted by molar-refractivity contribution is 0.398. The molecule has 0 aliphatic heterocycles. The molecule has 1 atom stereocenters. The van der Waals surface area contributed by atoms with Gasteiger partial charge < -0.3 is 10.1 Å². The number of nitrogens with one attached hydrogen (secondary N) is 1. The van der Waals surface area contributed by atoms with Gasteiger partial charge in [-0.15, -0.1) is 0 Å². The number of aryl methyl sites for hydroxylation is 1. The predicted molar refractivity (Wildman–Crippen MR) is 91.1 cm³/mol. The van der Waals surface area contributed by atoms with Gasteiger partial charge in [-0.05, 0) is 50.1 Å². The highest BCUT2D eigenvalue weighted by Crippen LogP contribution is 2.32. The fraction of sp³-hybridized carbons (Fsp3) is 0.647. The lowest BCUT2D eigenvalue weighted by atomic mass is 10.00. The first-order valence-electron chi connectivity index (χ1n) is 7.60. The van der Waals surface area contributed by atoms with Gasteiger partial charge in [0.25, 0.3) is 0 Å². The molecule has 0 heterocycles. The molecule has 0 aliphatic rings. The Morgan fingerprint density at radius 1 is 1.20 bits per heavy atom. The van der Waals surface area contributed by atoms with Crippen LogP contribution >= 0.6 is 11.8 Å². The van der Waals surface area contributed by atoms with E-state index in [1.807, 2.05) is 11.8 Å². The summed E-state index contributed by atoms with van der Waals surface area (Å²) in [5, 5.41) is 3.67. The van der Waals surface area contributed by atoms with E-state index in [2.05, 4.69) is 45.1 Å². The van der Waals surface area contributed by atoms with Gasteiger partial charge in [0.15, 0.2) is 0 Å². The van der Waals surface area contributed by atoms with Gasteiger partial charge >= 0.3 is 0 Å². The fourth-order valence-electron chi connectivity index (χ4n) is 2.28. The maximum absolute atomic E-state index is 5.67. The monoisotopic (exact) mass is 295 g/mol. The van der Waals surface area contributed by atoms with Crippen molar-refractivity contribution in [3.05, 3.63) is 28.8 Å². The molecule has 1 N–H and O–H groups in total. The van der Waals surface area contributed by atoms with E-state index in [9.17, 15) is 0 Å². The summed E-state index contributed by atoms with van der Waals surface area (Å²) in [7, 11) is 1.78. The van der Waals surface area contributed by atoms with Crippen LogP contribution in [0.1, 0.15) is 49.4 Å². The minimum atomic E-state index is 0.376. The maximum atomic E-state index is 5.67. The third-order valence-corrected chi connectivity index (χ3v) is 4.83. The molecule has 3 heteroatoms. The summed E-state index contributed by atoms with van der Waals surface area (Å²) in [5.74, 6) is 3.38. The van der Waals surface area contributed by atoms with Gasteiger partial charge in [-0.1, -0.05) is 26.0 Å². The van der Waals surface area contributed by atoms with E-state index in [0.717, 1.165) is 24.5 Å². The molecule has 0 fully saturated rings. The fourth-order valence-corrected chi connectivity index (χ4v) is 3.27. The quantitative estimate of drug-likeness (QED) is 0.678. The Hall–Kier alpha value is -0.670. The number of hydrogen-bond acceptors (Lipinski definition) is 3. The van der Waals surface area contributed by atoms with Crippen LogP contribution in [0.2, 0.25) is 0 Å². The summed E-state index contributed by atoms with van der Waals surface area (Å²) >= 11 is 2.02. The Bertz CT molecular complexity index is 406. The van der Waals surface area contributed by atoms with Crippen LogP contribution in [0.3, 0.4) is 0 Å². The Labute approximate surface area is 128 Å². The molecule has 0 bridgehead atoms. The van der Waals surface area contributed by atoms with Gasteiger partial charge in [0.1, 0.15) is 5.75 Å². The highest BCUT2D eigenvalue weighted by atomic mass is 32.2. The van der Waals surface area contributed by atoms with Crippen molar-refractivity contribution >= 4 is 11.8 Å². The molecule has 0 aliphatic carbocycles. The molecular formula is C17H29NOS. The van der Waals surface area contributed by atoms with E-state index in [4.69, 9.17) is 4.74 Å². The van der Waals surface area contributed by atoms with Crippen LogP contribution in [0.15, 0.2) is 12.1 Å². The van der Waals surface area contributed by atoms with Gasteiger partial charge in [-0.25, -0.2) is 0 Å². The molecule has 1 unspecified atom stereocenters. The zero-order valence-electron chi connectivity index (χ0n) is 13.6. The second kappa shape index (κ2) is 9.30. The van der Waals surface area contributed by atoms with Crippen molar-refractivity contribution in [1.29, 1.82) is 0 Å². The molecule has 20 heavy (non-hydrogen) atoms. The standard InChI is InChI=1S/C17H29NOS/c1-6-10-18-16(12-20-11-7-2)15-9-8-13(3)14(4)17(15)19-5/h8-9,16,18H,6-7,10-12H2,1-5H3. The molecule has 0 saturated heterocycles. The number of benzene rings is 1. The number of thioether (sulfide) groups is 1. The van der Waals surface area contributed by atoms with Crippen molar-refractivity contribution in [3.63, 3.8) is 0 Å². The molecule has 0 spiro atoms. The van der Waals surface area contributed by atoms with E-state index in [-0.39, 0.29) is 0 Å². The molecule has 1 aromatic carbocycles. The Kier molecular flexibility index (Phi) is 8.08. The van der Waals surface area contributed by atoms with E-state index < -0.39 is 0 Å². The normalized spacial score (nSPS) is 12.4. The van der Waals surface area contributed by atoms with Gasteiger partial charge in [-0.2, -0.15) is 11.8 Å². The first-order chi connectivity index (χ1) is 9.65. The van der Waals surface area contributed by atoms with E-state index >= 15 is 0 Å². The van der Waals surface area contributed by atoms with Gasteiger partial charge in [0.05, 0.1) is 7.11 Å². The van der Waals surface area contributed by atoms with Crippen molar-refractivity contribution in [2.75, 3.05) is 25.2 Å². The second-order valence-electron chi connectivity index (χ2n) is 5.21. The zero-order valence-corrected chi connectivity index (χ0v) is 14.4. The molecule has 0 saturated carbocycles. The van der Waals surface area contributed by atoms with Crippen LogP contribution in [0.25, 0.3) is 0 Å². The number of methoxy groups -OCH3 is 1. The number of rotatable bonds is 9. The highest BCUT2D eigenvalue weighted by molar-refractivity contribution is 7.99. The SMILES string of the molecule is CCCNC(CSCCC)c1ccc(C)c(C)c1OC. The highest BCUT2D eigenvalue weighted by Gasteiger charge is 2.17. The van der Waals surface area contributed by atoms with Crippen LogP contribution in [0.5, 0.6) is 5.75 Å².